The van der Waals surface area contributed by atoms with Crippen molar-refractivity contribution in [3.05, 3.63) is 65.8 Å². The third kappa shape index (κ3) is 2.61. The number of anilines is 1. The highest BCUT2D eigenvalue weighted by Gasteiger charge is 2.29. The highest BCUT2D eigenvalue weighted by atomic mass is 16.5. The topological polar surface area (TPSA) is 75.9 Å². The molecule has 0 saturated carbocycles. The Morgan fingerprint density at radius 1 is 1.24 bits per heavy atom. The van der Waals surface area contributed by atoms with Gasteiger partial charge >= 0.3 is 0 Å². The summed E-state index contributed by atoms with van der Waals surface area (Å²) in [5, 5.41) is 13.2. The number of imidazole rings is 1. The van der Waals surface area contributed by atoms with Crippen LogP contribution in [0.4, 0.5) is 5.69 Å². The van der Waals surface area contributed by atoms with Crippen molar-refractivity contribution in [1.29, 1.82) is 0 Å². The average Bonchev–Trinajstić information content (AvgIpc) is 2.99. The zero-order valence-corrected chi connectivity index (χ0v) is 13.7. The Balaban J connectivity index is 1.77. The van der Waals surface area contributed by atoms with E-state index in [1.165, 1.54) is 0 Å². The molecule has 126 valence electrons. The molecule has 0 fully saturated rings. The molecule has 6 nitrogen and oxygen atoms in total. The van der Waals surface area contributed by atoms with Crippen LogP contribution in [0.3, 0.4) is 0 Å². The van der Waals surface area contributed by atoms with Crippen LogP contribution >= 0.6 is 0 Å². The number of pyridine rings is 1. The summed E-state index contributed by atoms with van der Waals surface area (Å²) in [4.78, 5) is 17.3. The van der Waals surface area contributed by atoms with Crippen LogP contribution < -0.4 is 10.1 Å². The first-order valence-electron chi connectivity index (χ1n) is 8.01. The number of nitrogens with zero attached hydrogens (tertiary/aromatic N) is 2. The molecule has 25 heavy (non-hydrogen) atoms. The number of aliphatic hydroxyl groups is 1. The highest BCUT2D eigenvalue weighted by molar-refractivity contribution is 6.26. The monoisotopic (exact) mass is 335 g/mol. The Morgan fingerprint density at radius 3 is 2.80 bits per heavy atom. The first-order chi connectivity index (χ1) is 12.2. The van der Waals surface area contributed by atoms with Crippen molar-refractivity contribution >= 4 is 22.8 Å². The molecule has 0 bridgehead atoms. The fourth-order valence-corrected chi connectivity index (χ4v) is 3.09. The minimum Gasteiger partial charge on any atom is -0.511 e. The lowest BCUT2D eigenvalue weighted by atomic mass is 9.97. The van der Waals surface area contributed by atoms with Crippen molar-refractivity contribution in [2.75, 3.05) is 12.4 Å². The van der Waals surface area contributed by atoms with Crippen LogP contribution in [-0.2, 0) is 11.2 Å². The van der Waals surface area contributed by atoms with Gasteiger partial charge < -0.3 is 19.6 Å². The van der Waals surface area contributed by atoms with Crippen molar-refractivity contribution < 1.29 is 14.6 Å². The molecule has 1 aliphatic carbocycles. The number of fused-ring (bicyclic) bond motifs is 3. The van der Waals surface area contributed by atoms with Gasteiger partial charge in [-0.2, -0.15) is 0 Å². The Labute approximate surface area is 144 Å². The zero-order chi connectivity index (χ0) is 17.4. The van der Waals surface area contributed by atoms with E-state index < -0.39 is 0 Å². The van der Waals surface area contributed by atoms with Gasteiger partial charge in [-0.3, -0.25) is 4.79 Å². The van der Waals surface area contributed by atoms with E-state index in [9.17, 15) is 9.90 Å². The lowest BCUT2D eigenvalue weighted by Crippen LogP contribution is -2.19. The number of carbonyl (C=O) groups is 1. The number of aryl methyl sites for hydroxylation is 1. The van der Waals surface area contributed by atoms with E-state index in [0.717, 1.165) is 5.69 Å². The second kappa shape index (κ2) is 5.98. The molecule has 0 spiro atoms. The molecule has 2 aromatic heterocycles. The lowest BCUT2D eigenvalue weighted by molar-refractivity contribution is -0.111. The number of ether oxygens (including phenoxy) is 1. The van der Waals surface area contributed by atoms with Crippen molar-refractivity contribution in [3.8, 4) is 5.75 Å². The first-order valence-corrected chi connectivity index (χ1v) is 8.01. The fraction of sp³-hybridized carbons (Fsp3) is 0.158. The van der Waals surface area contributed by atoms with E-state index in [2.05, 4.69) is 10.3 Å². The molecule has 1 amide bonds. The minimum absolute atomic E-state index is 0.0660. The molecule has 0 atom stereocenters. The normalized spacial score (nSPS) is 13.6. The van der Waals surface area contributed by atoms with Gasteiger partial charge in [0.15, 0.2) is 0 Å². The molecule has 2 N–H and O–H groups in total. The van der Waals surface area contributed by atoms with Crippen LogP contribution in [0, 0.1) is 0 Å². The van der Waals surface area contributed by atoms with Gasteiger partial charge in [0.25, 0.3) is 5.91 Å². The highest BCUT2D eigenvalue weighted by Crippen LogP contribution is 2.32. The zero-order valence-electron chi connectivity index (χ0n) is 13.7. The van der Waals surface area contributed by atoms with Crippen LogP contribution in [-0.4, -0.2) is 27.5 Å². The summed E-state index contributed by atoms with van der Waals surface area (Å²) in [5.74, 6) is 0.398. The van der Waals surface area contributed by atoms with Gasteiger partial charge in [-0.15, -0.1) is 0 Å². The van der Waals surface area contributed by atoms with E-state index in [1.807, 2.05) is 40.9 Å². The first kappa shape index (κ1) is 15.3. The number of amides is 1. The van der Waals surface area contributed by atoms with Gasteiger partial charge in [-0.25, -0.2) is 4.98 Å². The fourth-order valence-electron chi connectivity index (χ4n) is 3.09. The summed E-state index contributed by atoms with van der Waals surface area (Å²) in [5.41, 5.74) is 3.02. The molecule has 1 aromatic carbocycles. The van der Waals surface area contributed by atoms with Gasteiger partial charge in [-0.05, 0) is 24.6 Å². The van der Waals surface area contributed by atoms with Gasteiger partial charge in [0.2, 0.25) is 0 Å². The number of carbonyl (C=O) groups excluding carboxylic acids is 1. The summed E-state index contributed by atoms with van der Waals surface area (Å²) in [6.45, 7) is 0. The van der Waals surface area contributed by atoms with Gasteiger partial charge in [-0.1, -0.05) is 18.2 Å². The molecule has 1 aliphatic rings. The second-order valence-corrected chi connectivity index (χ2v) is 5.84. The Kier molecular flexibility index (Phi) is 3.65. The number of allylic oxidation sites excluding steroid dienone is 1. The molecule has 0 radical (unpaired) electrons. The van der Waals surface area contributed by atoms with Crippen LogP contribution in [0.1, 0.15) is 17.8 Å². The van der Waals surface area contributed by atoms with E-state index in [1.54, 1.807) is 19.2 Å². The molecule has 3 aromatic rings. The number of rotatable bonds is 3. The van der Waals surface area contributed by atoms with E-state index >= 15 is 0 Å². The van der Waals surface area contributed by atoms with E-state index in [0.29, 0.717) is 35.6 Å². The molecule has 6 heteroatoms. The number of methoxy groups -OCH3 is 1. The molecule has 0 aliphatic heterocycles. The molecular weight excluding hydrogens is 318 g/mol. The van der Waals surface area contributed by atoms with Gasteiger partial charge in [0, 0.05) is 24.4 Å². The van der Waals surface area contributed by atoms with E-state index in [4.69, 9.17) is 4.74 Å². The summed E-state index contributed by atoms with van der Waals surface area (Å²) in [7, 11) is 1.60. The summed E-state index contributed by atoms with van der Waals surface area (Å²) >= 11 is 0. The molecule has 2 heterocycles. The predicted molar refractivity (Wildman–Crippen MR) is 94.7 cm³/mol. The predicted octanol–water partition coefficient (Wildman–Crippen LogP) is 3.20. The number of para-hydroxylation sites is 1. The lowest BCUT2D eigenvalue weighted by Gasteiger charge is -2.16. The molecule has 0 unspecified atom stereocenters. The molecular formula is C19H17N3O3. The summed E-state index contributed by atoms with van der Waals surface area (Å²) < 4.78 is 7.17. The van der Waals surface area contributed by atoms with Crippen molar-refractivity contribution in [1.82, 2.24) is 9.38 Å². The third-order valence-corrected chi connectivity index (χ3v) is 4.31. The van der Waals surface area contributed by atoms with E-state index in [-0.39, 0.29) is 17.2 Å². The average molecular weight is 335 g/mol. The Hall–Kier alpha value is -3.28. The standard InChI is InChI=1S/C19H17N3O3/c1-25-13-9-10-22-14-7-8-15(23)17(18(14)21-16(22)11-13)19(24)20-12-5-3-2-4-6-12/h2-6,9-11,23H,7-8H2,1H3,(H,20,24). The molecule has 0 saturated heterocycles. The maximum absolute atomic E-state index is 12.7. The quantitative estimate of drug-likeness (QED) is 0.771. The van der Waals surface area contributed by atoms with Crippen molar-refractivity contribution in [2.45, 2.75) is 12.8 Å². The maximum atomic E-state index is 12.7. The number of hydrogen-bond donors (Lipinski definition) is 2. The van der Waals surface area contributed by atoms with Crippen molar-refractivity contribution in [2.24, 2.45) is 0 Å². The van der Waals surface area contributed by atoms with Crippen LogP contribution in [0.25, 0.3) is 11.2 Å². The van der Waals surface area contributed by atoms with Gasteiger partial charge in [0.05, 0.1) is 12.8 Å². The summed E-state index contributed by atoms with van der Waals surface area (Å²) in [6.07, 6.45) is 2.90. The Morgan fingerprint density at radius 2 is 2.04 bits per heavy atom. The summed E-state index contributed by atoms with van der Waals surface area (Å²) in [6, 6.07) is 12.8. The Bertz CT molecular complexity index is 990. The largest absolute Gasteiger partial charge is 0.511 e. The number of aliphatic hydroxyl groups excluding tert-OH is 1. The third-order valence-electron chi connectivity index (χ3n) is 4.31. The van der Waals surface area contributed by atoms with Crippen molar-refractivity contribution in [3.63, 3.8) is 0 Å². The van der Waals surface area contributed by atoms with Crippen LogP contribution in [0.15, 0.2) is 54.4 Å². The minimum atomic E-state index is -0.361. The number of aromatic nitrogens is 2. The van der Waals surface area contributed by atoms with Crippen LogP contribution in [0.2, 0.25) is 0 Å². The van der Waals surface area contributed by atoms with Gasteiger partial charge in [0.1, 0.15) is 28.4 Å². The smallest absolute Gasteiger partial charge is 0.261 e. The number of nitrogens with one attached hydrogen (secondary N) is 1. The molecule has 4 rings (SSSR count). The van der Waals surface area contributed by atoms with Crippen LogP contribution in [0.5, 0.6) is 5.75 Å². The number of benzene rings is 1. The maximum Gasteiger partial charge on any atom is 0.261 e. The second-order valence-electron chi connectivity index (χ2n) is 5.84. The SMILES string of the molecule is COc1ccn2c3c(nc2c1)C(C(=O)Nc1ccccc1)=C(O)CC3. The number of hydrogen-bond acceptors (Lipinski definition) is 4.